The maximum absolute atomic E-state index is 14.5. The van der Waals surface area contributed by atoms with Crippen molar-refractivity contribution in [3.8, 4) is 17.2 Å². The Bertz CT molecular complexity index is 1050. The first-order chi connectivity index (χ1) is 18.8. The van der Waals surface area contributed by atoms with Crippen LogP contribution in [0.15, 0.2) is 30.3 Å². The minimum Gasteiger partial charge on any atom is -0.467 e. The first-order valence-electron chi connectivity index (χ1n) is 12.8. The number of ether oxygens (including phenoxy) is 6. The standard InChI is InChI=1S/C28H40O10Si/c1-28(2,3)27(38-39)18-13-22(34-16-31-5)25(23(14-18)35-17-32-6)26(29)24-19(20-11-8-12-36-37-20)9-7-10-21(24)33-15-30-4/h7,9-10,13-14,20,27H,8,11-12,15-17H2,1-6,39H3. The molecule has 216 valence electrons. The van der Waals surface area contributed by atoms with Crippen LogP contribution in [0.1, 0.15) is 72.9 Å². The molecule has 3 rings (SSSR count). The maximum Gasteiger partial charge on any atom is 0.204 e. The second kappa shape index (κ2) is 14.8. The van der Waals surface area contributed by atoms with Crippen molar-refractivity contribution in [3.63, 3.8) is 0 Å². The zero-order chi connectivity index (χ0) is 28.4. The average molecular weight is 565 g/mol. The van der Waals surface area contributed by atoms with E-state index in [4.69, 9.17) is 42.6 Å². The fourth-order valence-electron chi connectivity index (χ4n) is 4.59. The number of ketones is 1. The smallest absolute Gasteiger partial charge is 0.204 e. The van der Waals surface area contributed by atoms with Crippen molar-refractivity contribution in [2.75, 3.05) is 48.3 Å². The van der Waals surface area contributed by atoms with E-state index in [-0.39, 0.29) is 54.7 Å². The summed E-state index contributed by atoms with van der Waals surface area (Å²) in [6.45, 7) is 6.54. The van der Waals surface area contributed by atoms with Crippen LogP contribution >= 0.6 is 0 Å². The first-order valence-corrected chi connectivity index (χ1v) is 13.6. The lowest BCUT2D eigenvalue weighted by molar-refractivity contribution is -0.348. The molecule has 39 heavy (non-hydrogen) atoms. The summed E-state index contributed by atoms with van der Waals surface area (Å²) < 4.78 is 39.3. The van der Waals surface area contributed by atoms with Gasteiger partial charge in [0, 0.05) is 21.3 Å². The van der Waals surface area contributed by atoms with Gasteiger partial charge in [-0.1, -0.05) is 32.9 Å². The molecule has 1 aliphatic heterocycles. The van der Waals surface area contributed by atoms with E-state index in [1.807, 2.05) is 6.07 Å². The van der Waals surface area contributed by atoms with Crippen molar-refractivity contribution in [2.24, 2.45) is 5.41 Å². The second-order valence-electron chi connectivity index (χ2n) is 10.1. The van der Waals surface area contributed by atoms with E-state index >= 15 is 0 Å². The molecule has 0 amide bonds. The van der Waals surface area contributed by atoms with Gasteiger partial charge in [-0.3, -0.25) is 4.79 Å². The number of hydrogen-bond acceptors (Lipinski definition) is 10. The summed E-state index contributed by atoms with van der Waals surface area (Å²) in [5.41, 5.74) is 1.70. The molecule has 0 bridgehead atoms. The zero-order valence-electron chi connectivity index (χ0n) is 23.9. The van der Waals surface area contributed by atoms with Crippen LogP contribution in [0.3, 0.4) is 0 Å². The van der Waals surface area contributed by atoms with Gasteiger partial charge >= 0.3 is 0 Å². The van der Waals surface area contributed by atoms with Crippen molar-refractivity contribution in [2.45, 2.75) is 45.8 Å². The number of carbonyl (C=O) groups excluding carboxylic acids is 1. The van der Waals surface area contributed by atoms with Crippen LogP contribution in [0.25, 0.3) is 0 Å². The van der Waals surface area contributed by atoms with Gasteiger partial charge in [-0.15, -0.1) is 0 Å². The second-order valence-corrected chi connectivity index (χ2v) is 10.6. The van der Waals surface area contributed by atoms with Crippen LogP contribution in [-0.4, -0.2) is 64.6 Å². The van der Waals surface area contributed by atoms with E-state index in [9.17, 15) is 4.79 Å². The lowest BCUT2D eigenvalue weighted by Crippen LogP contribution is -2.22. The Kier molecular flexibility index (Phi) is 11.7. The Morgan fingerprint density at radius 3 is 2.03 bits per heavy atom. The van der Waals surface area contributed by atoms with Gasteiger partial charge in [-0.25, -0.2) is 9.78 Å². The third-order valence-corrected chi connectivity index (χ3v) is 6.62. The summed E-state index contributed by atoms with van der Waals surface area (Å²) in [4.78, 5) is 25.4. The number of rotatable bonds is 14. The molecule has 2 aromatic rings. The number of hydrogen-bond donors (Lipinski definition) is 0. The lowest BCUT2D eigenvalue weighted by Gasteiger charge is -2.31. The molecule has 1 aliphatic rings. The Balaban J connectivity index is 2.25. The predicted octanol–water partition coefficient (Wildman–Crippen LogP) is 4.03. The molecule has 1 fully saturated rings. The fourth-order valence-corrected chi connectivity index (χ4v) is 5.57. The summed E-state index contributed by atoms with van der Waals surface area (Å²) in [6, 6.07) is 8.96. The van der Waals surface area contributed by atoms with Crippen LogP contribution < -0.4 is 14.2 Å². The summed E-state index contributed by atoms with van der Waals surface area (Å²) >= 11 is 0. The molecular weight excluding hydrogens is 524 g/mol. The number of carbonyl (C=O) groups is 1. The van der Waals surface area contributed by atoms with E-state index in [1.165, 1.54) is 21.3 Å². The largest absolute Gasteiger partial charge is 0.467 e. The summed E-state index contributed by atoms with van der Waals surface area (Å²) in [5, 5.41) is 0. The predicted molar refractivity (Wildman–Crippen MR) is 146 cm³/mol. The van der Waals surface area contributed by atoms with Crippen LogP contribution in [-0.2, 0) is 28.4 Å². The van der Waals surface area contributed by atoms with Gasteiger partial charge in [0.15, 0.2) is 20.4 Å². The third-order valence-electron chi connectivity index (χ3n) is 6.15. The van der Waals surface area contributed by atoms with Crippen LogP contribution in [0.5, 0.6) is 17.2 Å². The molecule has 2 unspecified atom stereocenters. The Labute approximate surface area is 233 Å². The van der Waals surface area contributed by atoms with E-state index in [0.29, 0.717) is 40.4 Å². The Morgan fingerprint density at radius 1 is 0.949 bits per heavy atom. The Morgan fingerprint density at radius 2 is 1.54 bits per heavy atom. The monoisotopic (exact) mass is 564 g/mol. The number of methoxy groups -OCH3 is 3. The van der Waals surface area contributed by atoms with Crippen LogP contribution in [0, 0.1) is 5.41 Å². The van der Waals surface area contributed by atoms with Gasteiger partial charge in [-0.2, -0.15) is 0 Å². The van der Waals surface area contributed by atoms with Crippen molar-refractivity contribution in [1.29, 1.82) is 0 Å². The highest BCUT2D eigenvalue weighted by molar-refractivity contribution is 6.15. The maximum atomic E-state index is 14.5. The number of benzene rings is 2. The van der Waals surface area contributed by atoms with Crippen LogP contribution in [0.4, 0.5) is 0 Å². The molecule has 0 aliphatic carbocycles. The molecule has 11 heteroatoms. The minimum atomic E-state index is -0.460. The lowest BCUT2D eigenvalue weighted by atomic mass is 9.83. The average Bonchev–Trinajstić information content (AvgIpc) is 2.93. The van der Waals surface area contributed by atoms with Crippen LogP contribution in [0.2, 0.25) is 0 Å². The molecule has 2 aromatic carbocycles. The normalized spacial score (nSPS) is 16.6. The van der Waals surface area contributed by atoms with Crippen molar-refractivity contribution >= 4 is 16.3 Å². The minimum absolute atomic E-state index is 0.0459. The topological polar surface area (TPSA) is 100 Å². The summed E-state index contributed by atoms with van der Waals surface area (Å²) in [6.07, 6.45) is 0.745. The zero-order valence-corrected chi connectivity index (χ0v) is 25.9. The van der Waals surface area contributed by atoms with Gasteiger partial charge in [0.1, 0.15) is 39.4 Å². The highest BCUT2D eigenvalue weighted by Gasteiger charge is 2.33. The SMILES string of the molecule is COCOc1cc(C(O[SiH3])C(C)(C)C)cc(OCOC)c1C(=O)c1c(OCOC)cccc1C1CCCOO1. The highest BCUT2D eigenvalue weighted by Crippen LogP contribution is 2.43. The molecule has 0 spiro atoms. The third kappa shape index (κ3) is 7.79. The molecular formula is C28H40O10Si. The van der Waals surface area contributed by atoms with Gasteiger partial charge < -0.3 is 32.8 Å². The fraction of sp³-hybridized carbons (Fsp3) is 0.536. The molecule has 0 saturated carbocycles. The molecule has 10 nitrogen and oxygen atoms in total. The van der Waals surface area contributed by atoms with Gasteiger partial charge in [0.05, 0.1) is 18.3 Å². The van der Waals surface area contributed by atoms with Gasteiger partial charge in [-0.05, 0) is 47.6 Å². The quantitative estimate of drug-likeness (QED) is 0.145. The Hall–Kier alpha value is -2.51. The van der Waals surface area contributed by atoms with Gasteiger partial charge in [0.25, 0.3) is 0 Å². The van der Waals surface area contributed by atoms with Gasteiger partial charge in [0.2, 0.25) is 5.78 Å². The van der Waals surface area contributed by atoms with E-state index in [0.717, 1.165) is 12.0 Å². The molecule has 0 radical (unpaired) electrons. The van der Waals surface area contributed by atoms with Crippen molar-refractivity contribution in [3.05, 3.63) is 52.6 Å². The van der Waals surface area contributed by atoms with E-state index < -0.39 is 6.10 Å². The van der Waals surface area contributed by atoms with E-state index in [1.54, 1.807) is 24.3 Å². The summed E-state index contributed by atoms with van der Waals surface area (Å²) in [5.74, 6) is 0.524. The molecule has 1 saturated heterocycles. The molecule has 0 aromatic heterocycles. The van der Waals surface area contributed by atoms with Crippen molar-refractivity contribution in [1.82, 2.24) is 0 Å². The molecule has 0 N–H and O–H groups in total. The molecule has 2 atom stereocenters. The van der Waals surface area contributed by atoms with Crippen molar-refractivity contribution < 1.29 is 47.4 Å². The summed E-state index contributed by atoms with van der Waals surface area (Å²) in [7, 11) is 5.05. The highest BCUT2D eigenvalue weighted by atomic mass is 28.2. The molecule has 1 heterocycles. The first kappa shape index (κ1) is 31.0. The van der Waals surface area contributed by atoms with E-state index in [2.05, 4.69) is 20.8 Å².